The van der Waals surface area contributed by atoms with Gasteiger partial charge in [-0.25, -0.2) is 9.59 Å². The lowest BCUT2D eigenvalue weighted by atomic mass is 9.81. The van der Waals surface area contributed by atoms with Crippen LogP contribution in [0.2, 0.25) is 5.02 Å². The van der Waals surface area contributed by atoms with E-state index in [1.165, 1.54) is 35.5 Å². The van der Waals surface area contributed by atoms with E-state index >= 15 is 0 Å². The van der Waals surface area contributed by atoms with Gasteiger partial charge in [0.1, 0.15) is 23.9 Å². The standard InChI is InChI=1S/C41H55ClN4O11S2/c1-23-9-8-10-28(20-47)41(53)19-30(55-39(52)44-41)25(3)36-40(5,57-36)32(18-34(49)46(7)29-17-27(15-23)16-24(2)35(29)42)56-38(51)26(4)45(6)33(48)11-13-54-14-12-43-37(50)31-21-58-22-59-31/h8-10,16-17,21,25-26,28,30,32,36,47,53H,11-15,18-20,22H2,1-7H3,(H,43,50)(H,44,52)/b10-8+,23-9+/t25-,26+,28+,30?,32+,36-,40-,41+/m1/s1. The van der Waals surface area contributed by atoms with Crippen LogP contribution in [0.25, 0.3) is 0 Å². The smallest absolute Gasteiger partial charge is 0.409 e. The van der Waals surface area contributed by atoms with Crippen LogP contribution >= 0.6 is 35.1 Å². The number of likely N-dealkylation sites (N-methyl/N-ethyl adjacent to an activating group) is 1. The minimum Gasteiger partial charge on any atom is -0.457 e. The number of alkyl carbamates (subject to hydrolysis) is 1. The monoisotopic (exact) mass is 878 g/mol. The summed E-state index contributed by atoms with van der Waals surface area (Å²) in [5.74, 6) is -3.20. The van der Waals surface area contributed by atoms with Crippen LogP contribution < -0.4 is 15.5 Å². The van der Waals surface area contributed by atoms with Crippen LogP contribution in [-0.4, -0.2) is 126 Å². The number of epoxide rings is 1. The van der Waals surface area contributed by atoms with Gasteiger partial charge in [-0.1, -0.05) is 48.4 Å². The molecule has 15 nitrogen and oxygen atoms in total. The number of anilines is 1. The largest absolute Gasteiger partial charge is 0.457 e. The minimum absolute atomic E-state index is 0.0321. The Balaban J connectivity index is 1.34. The summed E-state index contributed by atoms with van der Waals surface area (Å²) in [6.07, 6.45) is 1.62. The zero-order valence-electron chi connectivity index (χ0n) is 34.4. The summed E-state index contributed by atoms with van der Waals surface area (Å²) in [6.45, 7) is 8.83. The first-order valence-electron chi connectivity index (χ1n) is 19.5. The van der Waals surface area contributed by atoms with Crippen LogP contribution in [0.5, 0.6) is 0 Å². The zero-order valence-corrected chi connectivity index (χ0v) is 36.8. The molecule has 18 heteroatoms. The number of aliphatic hydroxyl groups excluding tert-OH is 1. The normalized spacial score (nSPS) is 30.4. The number of aliphatic hydroxyl groups is 2. The summed E-state index contributed by atoms with van der Waals surface area (Å²) >= 11 is 9.81. The average molecular weight is 879 g/mol. The fourth-order valence-electron chi connectivity index (χ4n) is 7.41. The number of rotatable bonds is 11. The summed E-state index contributed by atoms with van der Waals surface area (Å²) in [4.78, 5) is 69.5. The lowest BCUT2D eigenvalue weighted by Gasteiger charge is -2.42. The van der Waals surface area contributed by atoms with Crippen LogP contribution in [0.4, 0.5) is 10.5 Å². The fraction of sp³-hybridized carbons (Fsp3) is 0.585. The number of benzene rings is 1. The number of hydrogen-bond donors (Lipinski definition) is 4. The highest BCUT2D eigenvalue weighted by atomic mass is 35.5. The number of esters is 1. The summed E-state index contributed by atoms with van der Waals surface area (Å²) < 4.78 is 23.6. The number of carbonyl (C=O) groups is 5. The lowest BCUT2D eigenvalue weighted by Crippen LogP contribution is -2.62. The third-order valence-corrected chi connectivity index (χ3v) is 14.0. The van der Waals surface area contributed by atoms with Crippen molar-refractivity contribution in [3.8, 4) is 0 Å². The molecule has 4 bridgehead atoms. The molecule has 4 heterocycles. The number of aryl methyl sites for hydroxylation is 1. The maximum absolute atomic E-state index is 14.2. The number of fused-ring (bicyclic) bond motifs is 5. The van der Waals surface area contributed by atoms with Gasteiger partial charge in [-0.05, 0) is 56.7 Å². The number of ether oxygens (including phenoxy) is 4. The topological polar surface area (TPSA) is 197 Å². The van der Waals surface area contributed by atoms with Gasteiger partial charge in [0.15, 0.2) is 5.72 Å². The summed E-state index contributed by atoms with van der Waals surface area (Å²) in [5, 5.41) is 30.3. The van der Waals surface area contributed by atoms with Gasteiger partial charge in [0.05, 0.1) is 54.4 Å². The quantitative estimate of drug-likeness (QED) is 0.140. The van der Waals surface area contributed by atoms with Gasteiger partial charge in [0, 0.05) is 44.0 Å². The number of carbonyl (C=O) groups excluding carboxylic acids is 5. The Morgan fingerprint density at radius 2 is 1.97 bits per heavy atom. The van der Waals surface area contributed by atoms with E-state index in [4.69, 9.17) is 30.5 Å². The summed E-state index contributed by atoms with van der Waals surface area (Å²) in [5.41, 5.74) is -0.0799. The number of allylic oxidation sites excluding steroid dienone is 3. The predicted octanol–water partition coefficient (Wildman–Crippen LogP) is 4.21. The number of amides is 4. The highest BCUT2D eigenvalue weighted by Crippen LogP contribution is 2.49. The minimum atomic E-state index is -1.86. The van der Waals surface area contributed by atoms with Crippen molar-refractivity contribution in [2.24, 2.45) is 11.8 Å². The van der Waals surface area contributed by atoms with E-state index in [1.807, 2.05) is 37.5 Å². The third-order valence-electron chi connectivity index (χ3n) is 11.4. The van der Waals surface area contributed by atoms with Gasteiger partial charge >= 0.3 is 12.1 Å². The van der Waals surface area contributed by atoms with Crippen molar-refractivity contribution in [1.29, 1.82) is 0 Å². The molecule has 4 amide bonds. The molecule has 59 heavy (non-hydrogen) atoms. The first kappa shape index (κ1) is 46.5. The van der Waals surface area contributed by atoms with Gasteiger partial charge in [0.2, 0.25) is 11.8 Å². The molecule has 0 spiro atoms. The molecule has 0 aromatic heterocycles. The molecule has 1 aromatic carbocycles. The van der Waals surface area contributed by atoms with E-state index in [0.717, 1.165) is 21.8 Å². The molecule has 324 valence electrons. The van der Waals surface area contributed by atoms with Crippen molar-refractivity contribution in [2.45, 2.75) is 96.0 Å². The second-order valence-electron chi connectivity index (χ2n) is 15.7. The Kier molecular flexibility index (Phi) is 15.7. The Morgan fingerprint density at radius 3 is 2.66 bits per heavy atom. The van der Waals surface area contributed by atoms with E-state index in [9.17, 15) is 34.2 Å². The maximum atomic E-state index is 14.2. The van der Waals surface area contributed by atoms with Crippen LogP contribution in [-0.2, 0) is 44.5 Å². The van der Waals surface area contributed by atoms with Crippen LogP contribution in [0.3, 0.4) is 0 Å². The van der Waals surface area contributed by atoms with Gasteiger partial charge in [-0.3, -0.25) is 19.7 Å². The molecule has 0 aliphatic carbocycles. The predicted molar refractivity (Wildman–Crippen MR) is 225 cm³/mol. The molecule has 4 aliphatic rings. The van der Waals surface area contributed by atoms with Crippen molar-refractivity contribution < 1.29 is 53.1 Å². The molecule has 1 unspecified atom stereocenters. The first-order chi connectivity index (χ1) is 27.9. The molecule has 4 aliphatic heterocycles. The van der Waals surface area contributed by atoms with Crippen molar-refractivity contribution in [2.75, 3.05) is 50.4 Å². The zero-order chi connectivity index (χ0) is 43.2. The SMILES string of the molecule is C/C1=C\C=C\[C@@H](CO)[C@@]2(O)CC(OC(=O)N2)[C@@H](C)[C@H]2O[C@]2(C)[C@@H](OC(=O)[C@H](C)N(C)C(=O)CCOCCNC(=O)C2=CSCS2)CC(=O)N(C)c2cc(cc(C)c2Cl)C1. The van der Waals surface area contributed by atoms with E-state index < -0.39 is 72.1 Å². The molecule has 2 saturated heterocycles. The fourth-order valence-corrected chi connectivity index (χ4v) is 9.63. The van der Waals surface area contributed by atoms with Crippen molar-refractivity contribution in [1.82, 2.24) is 15.5 Å². The third kappa shape index (κ3) is 11.2. The molecule has 4 N–H and O–H groups in total. The maximum Gasteiger partial charge on any atom is 0.409 e. The van der Waals surface area contributed by atoms with Gasteiger partial charge in [0.25, 0.3) is 5.91 Å². The molecule has 1 aromatic rings. The van der Waals surface area contributed by atoms with Crippen molar-refractivity contribution in [3.05, 3.63) is 62.4 Å². The molecule has 0 radical (unpaired) electrons. The summed E-state index contributed by atoms with van der Waals surface area (Å²) in [7, 11) is 3.07. The van der Waals surface area contributed by atoms with Crippen LogP contribution in [0.1, 0.15) is 58.1 Å². The van der Waals surface area contributed by atoms with Crippen molar-refractivity contribution in [3.63, 3.8) is 0 Å². The molecular weight excluding hydrogens is 824 g/mol. The molecule has 0 saturated carbocycles. The molecule has 2 fully saturated rings. The van der Waals surface area contributed by atoms with E-state index in [2.05, 4.69) is 10.6 Å². The van der Waals surface area contributed by atoms with Gasteiger partial charge in [-0.2, -0.15) is 0 Å². The second kappa shape index (κ2) is 19.9. The number of thioether (sulfide) groups is 2. The first-order valence-corrected chi connectivity index (χ1v) is 22.0. The van der Waals surface area contributed by atoms with Gasteiger partial charge < -0.3 is 44.3 Å². The van der Waals surface area contributed by atoms with E-state index in [1.54, 1.807) is 44.8 Å². The molecular formula is C41H55ClN4O11S2. The Labute approximate surface area is 358 Å². The number of hydrogen-bond acceptors (Lipinski definition) is 13. The highest BCUT2D eigenvalue weighted by Gasteiger charge is 2.64. The number of nitrogens with one attached hydrogen (secondary N) is 2. The summed E-state index contributed by atoms with van der Waals surface area (Å²) in [6, 6.07) is 2.70. The van der Waals surface area contributed by atoms with Crippen molar-refractivity contribution >= 4 is 70.6 Å². The number of nitrogens with zero attached hydrogens (tertiary/aromatic N) is 2. The second-order valence-corrected chi connectivity index (χ2v) is 18.3. The highest BCUT2D eigenvalue weighted by molar-refractivity contribution is 8.22. The number of halogens is 1. The Morgan fingerprint density at radius 1 is 1.22 bits per heavy atom. The molecule has 8 atom stereocenters. The molecule has 5 rings (SSSR count). The van der Waals surface area contributed by atoms with E-state index in [0.29, 0.717) is 22.0 Å². The van der Waals surface area contributed by atoms with Gasteiger partial charge in [-0.15, -0.1) is 23.5 Å². The Bertz CT molecular complexity index is 1880. The average Bonchev–Trinajstić information content (AvgIpc) is 3.58. The van der Waals surface area contributed by atoms with E-state index in [-0.39, 0.29) is 50.8 Å². The Hall–Kier alpha value is -3.58. The lowest BCUT2D eigenvalue weighted by molar-refractivity contribution is -0.162. The van der Waals surface area contributed by atoms with Crippen LogP contribution in [0.15, 0.2) is 46.2 Å². The van der Waals surface area contributed by atoms with Crippen LogP contribution in [0, 0.1) is 18.8 Å².